The van der Waals surface area contributed by atoms with Crippen molar-refractivity contribution in [2.75, 3.05) is 12.4 Å². The van der Waals surface area contributed by atoms with Crippen molar-refractivity contribution in [1.82, 2.24) is 10.2 Å². The zero-order chi connectivity index (χ0) is 15.2. The number of nitrogens with zero attached hydrogens (tertiary/aromatic N) is 2. The number of hydrogen-bond donors (Lipinski definition) is 1. The highest BCUT2D eigenvalue weighted by Gasteiger charge is 2.05. The summed E-state index contributed by atoms with van der Waals surface area (Å²) in [5.74, 6) is 0.333. The van der Waals surface area contributed by atoms with E-state index < -0.39 is 0 Å². The van der Waals surface area contributed by atoms with E-state index in [1.165, 1.54) is 17.4 Å². The van der Waals surface area contributed by atoms with Crippen molar-refractivity contribution in [2.24, 2.45) is 0 Å². The molecule has 0 atom stereocenters. The highest BCUT2D eigenvalue weighted by Crippen LogP contribution is 2.25. The van der Waals surface area contributed by atoms with Crippen molar-refractivity contribution in [1.29, 1.82) is 0 Å². The molecule has 1 N–H and O–H groups in total. The summed E-state index contributed by atoms with van der Waals surface area (Å²) in [6.45, 7) is 1.99. The Morgan fingerprint density at radius 3 is 2.90 bits per heavy atom. The number of benzene rings is 1. The molecular formula is C14H14ClN3O2S. The second-order valence-electron chi connectivity index (χ2n) is 4.07. The molecule has 1 aromatic carbocycles. The van der Waals surface area contributed by atoms with Gasteiger partial charge in [0.1, 0.15) is 10.8 Å². The number of hydrogen-bond acceptors (Lipinski definition) is 5. The molecule has 2 rings (SSSR count). The molecular weight excluding hydrogens is 310 g/mol. The number of methoxy groups -OCH3 is 1. The number of carbonyl (C=O) groups excluding carboxylic acids is 1. The second kappa shape index (κ2) is 7.19. The average molecular weight is 324 g/mol. The van der Waals surface area contributed by atoms with Crippen molar-refractivity contribution in [3.05, 3.63) is 39.9 Å². The van der Waals surface area contributed by atoms with Crippen LogP contribution in [0.5, 0.6) is 5.75 Å². The standard InChI is InChI=1S/C14H14ClN3O2S/c1-3-13-17-18-14(21-13)16-12(19)7-5-9-4-6-11(20-2)10(15)8-9/h4-8H,3H2,1-2H3,(H,16,18,19). The Bertz CT molecular complexity index is 670. The Kier molecular flexibility index (Phi) is 5.30. The van der Waals surface area contributed by atoms with E-state index in [9.17, 15) is 4.79 Å². The monoisotopic (exact) mass is 323 g/mol. The summed E-state index contributed by atoms with van der Waals surface area (Å²) in [6.07, 6.45) is 3.89. The van der Waals surface area contributed by atoms with Crippen LogP contribution >= 0.6 is 22.9 Å². The van der Waals surface area contributed by atoms with Crippen LogP contribution in [-0.2, 0) is 11.2 Å². The molecule has 0 saturated carbocycles. The van der Waals surface area contributed by atoms with Crippen molar-refractivity contribution in [3.63, 3.8) is 0 Å². The maximum Gasteiger partial charge on any atom is 0.250 e. The molecule has 1 heterocycles. The van der Waals surface area contributed by atoms with Gasteiger partial charge in [0.25, 0.3) is 0 Å². The topological polar surface area (TPSA) is 64.1 Å². The van der Waals surface area contributed by atoms with Gasteiger partial charge in [-0.25, -0.2) is 0 Å². The Labute approximate surface area is 131 Å². The van der Waals surface area contributed by atoms with Crippen LogP contribution in [0.3, 0.4) is 0 Å². The summed E-state index contributed by atoms with van der Waals surface area (Å²) in [6, 6.07) is 5.29. The molecule has 1 aromatic heterocycles. The molecule has 21 heavy (non-hydrogen) atoms. The Balaban J connectivity index is 2.00. The summed E-state index contributed by atoms with van der Waals surface area (Å²) in [7, 11) is 1.55. The summed E-state index contributed by atoms with van der Waals surface area (Å²) >= 11 is 7.38. The van der Waals surface area contributed by atoms with Gasteiger partial charge in [0, 0.05) is 6.08 Å². The first-order chi connectivity index (χ1) is 10.1. The fourth-order valence-electron chi connectivity index (χ4n) is 1.55. The fraction of sp³-hybridized carbons (Fsp3) is 0.214. The summed E-state index contributed by atoms with van der Waals surface area (Å²) in [5.41, 5.74) is 0.808. The maximum atomic E-state index is 11.8. The van der Waals surface area contributed by atoms with Gasteiger partial charge < -0.3 is 4.74 Å². The predicted molar refractivity (Wildman–Crippen MR) is 85.0 cm³/mol. The van der Waals surface area contributed by atoms with Gasteiger partial charge in [-0.15, -0.1) is 10.2 Å². The van der Waals surface area contributed by atoms with E-state index in [0.29, 0.717) is 15.9 Å². The second-order valence-corrected chi connectivity index (χ2v) is 5.54. The first-order valence-corrected chi connectivity index (χ1v) is 7.46. The van der Waals surface area contributed by atoms with Gasteiger partial charge in [0.15, 0.2) is 0 Å². The van der Waals surface area contributed by atoms with Crippen molar-refractivity contribution < 1.29 is 9.53 Å². The summed E-state index contributed by atoms with van der Waals surface area (Å²) in [5, 5.41) is 12.4. The van der Waals surface area contributed by atoms with Crippen molar-refractivity contribution >= 4 is 40.1 Å². The molecule has 0 unspecified atom stereocenters. The van der Waals surface area contributed by atoms with E-state index in [-0.39, 0.29) is 5.91 Å². The van der Waals surface area contributed by atoms with Crippen LogP contribution in [0.25, 0.3) is 6.08 Å². The largest absolute Gasteiger partial charge is 0.495 e. The molecule has 2 aromatic rings. The van der Waals surface area contributed by atoms with Gasteiger partial charge in [-0.3, -0.25) is 10.1 Å². The number of aryl methyl sites for hydroxylation is 1. The number of nitrogens with one attached hydrogen (secondary N) is 1. The Morgan fingerprint density at radius 1 is 1.48 bits per heavy atom. The van der Waals surface area contributed by atoms with Gasteiger partial charge in [-0.1, -0.05) is 35.9 Å². The van der Waals surface area contributed by atoms with Gasteiger partial charge in [0.2, 0.25) is 11.0 Å². The van der Waals surface area contributed by atoms with Crippen LogP contribution in [0.1, 0.15) is 17.5 Å². The lowest BCUT2D eigenvalue weighted by molar-refractivity contribution is -0.111. The van der Waals surface area contributed by atoms with Crippen molar-refractivity contribution in [3.8, 4) is 5.75 Å². The summed E-state index contributed by atoms with van der Waals surface area (Å²) < 4.78 is 5.07. The number of amides is 1. The number of anilines is 1. The molecule has 0 saturated heterocycles. The van der Waals surface area contributed by atoms with Gasteiger partial charge in [0.05, 0.1) is 12.1 Å². The molecule has 0 radical (unpaired) electrons. The molecule has 5 nitrogen and oxygen atoms in total. The lowest BCUT2D eigenvalue weighted by Gasteiger charge is -2.02. The molecule has 0 spiro atoms. The van der Waals surface area contributed by atoms with E-state index >= 15 is 0 Å². The van der Waals surface area contributed by atoms with Crippen LogP contribution in [0.15, 0.2) is 24.3 Å². The van der Waals surface area contributed by atoms with Gasteiger partial charge in [-0.05, 0) is 30.2 Å². The third-order valence-corrected chi connectivity index (χ3v) is 3.88. The zero-order valence-corrected chi connectivity index (χ0v) is 13.2. The third kappa shape index (κ3) is 4.27. The van der Waals surface area contributed by atoms with Crippen LogP contribution in [0.4, 0.5) is 5.13 Å². The molecule has 0 bridgehead atoms. The summed E-state index contributed by atoms with van der Waals surface area (Å²) in [4.78, 5) is 11.8. The minimum atomic E-state index is -0.263. The van der Waals surface area contributed by atoms with Gasteiger partial charge >= 0.3 is 0 Å². The minimum Gasteiger partial charge on any atom is -0.495 e. The molecule has 0 aliphatic rings. The SMILES string of the molecule is CCc1nnc(NC(=O)C=Cc2ccc(OC)c(Cl)c2)s1. The predicted octanol–water partition coefficient (Wildman–Crippen LogP) is 3.41. The minimum absolute atomic E-state index is 0.263. The number of aromatic nitrogens is 2. The van der Waals surface area contributed by atoms with Crippen LogP contribution < -0.4 is 10.1 Å². The molecule has 0 aliphatic heterocycles. The van der Waals surface area contributed by atoms with E-state index in [4.69, 9.17) is 16.3 Å². The third-order valence-electron chi connectivity index (χ3n) is 2.60. The number of rotatable bonds is 5. The number of halogens is 1. The lowest BCUT2D eigenvalue weighted by Crippen LogP contribution is -2.07. The molecule has 110 valence electrons. The molecule has 0 fully saturated rings. The van der Waals surface area contributed by atoms with Crippen LogP contribution in [0.2, 0.25) is 5.02 Å². The first-order valence-electron chi connectivity index (χ1n) is 6.27. The highest BCUT2D eigenvalue weighted by atomic mass is 35.5. The zero-order valence-electron chi connectivity index (χ0n) is 11.6. The lowest BCUT2D eigenvalue weighted by atomic mass is 10.2. The van der Waals surface area contributed by atoms with Crippen LogP contribution in [0, 0.1) is 0 Å². The quantitative estimate of drug-likeness (QED) is 0.856. The normalized spacial score (nSPS) is 10.8. The Morgan fingerprint density at radius 2 is 2.29 bits per heavy atom. The maximum absolute atomic E-state index is 11.8. The molecule has 7 heteroatoms. The highest BCUT2D eigenvalue weighted by molar-refractivity contribution is 7.15. The first kappa shape index (κ1) is 15.5. The smallest absolute Gasteiger partial charge is 0.250 e. The fourth-order valence-corrected chi connectivity index (χ4v) is 2.50. The van der Waals surface area contributed by atoms with E-state index in [0.717, 1.165) is 17.0 Å². The van der Waals surface area contributed by atoms with E-state index in [1.54, 1.807) is 25.3 Å². The van der Waals surface area contributed by atoms with E-state index in [1.807, 2.05) is 13.0 Å². The molecule has 0 aliphatic carbocycles. The van der Waals surface area contributed by atoms with Crippen LogP contribution in [-0.4, -0.2) is 23.2 Å². The van der Waals surface area contributed by atoms with E-state index in [2.05, 4.69) is 15.5 Å². The van der Waals surface area contributed by atoms with Crippen molar-refractivity contribution in [2.45, 2.75) is 13.3 Å². The number of carbonyl (C=O) groups is 1. The molecule has 1 amide bonds. The van der Waals surface area contributed by atoms with Gasteiger partial charge in [-0.2, -0.15) is 0 Å². The Hall–Kier alpha value is -1.92. The number of ether oxygens (including phenoxy) is 1. The average Bonchev–Trinajstić information content (AvgIpc) is 2.93.